The van der Waals surface area contributed by atoms with Gasteiger partial charge in [0, 0.05) is 32.0 Å². The van der Waals surface area contributed by atoms with E-state index in [4.69, 9.17) is 0 Å². The summed E-state index contributed by atoms with van der Waals surface area (Å²) >= 11 is 0. The molecule has 1 aromatic heterocycles. The van der Waals surface area contributed by atoms with Crippen molar-refractivity contribution >= 4 is 10.0 Å². The molecule has 6 nitrogen and oxygen atoms in total. The van der Waals surface area contributed by atoms with Crippen molar-refractivity contribution in [3.63, 3.8) is 0 Å². The number of aromatic nitrogens is 2. The summed E-state index contributed by atoms with van der Waals surface area (Å²) in [6, 6.07) is 7.02. The lowest BCUT2D eigenvalue weighted by Crippen LogP contribution is -2.27. The fourth-order valence-corrected chi connectivity index (χ4v) is 3.38. The van der Waals surface area contributed by atoms with Crippen LogP contribution in [0.1, 0.15) is 12.0 Å². The maximum absolute atomic E-state index is 12.3. The van der Waals surface area contributed by atoms with Crippen molar-refractivity contribution in [2.75, 3.05) is 13.6 Å². The van der Waals surface area contributed by atoms with Crippen LogP contribution >= 0.6 is 0 Å². The number of benzene rings is 1. The zero-order valence-corrected chi connectivity index (χ0v) is 12.8. The Morgan fingerprint density at radius 2 is 2.10 bits per heavy atom. The van der Waals surface area contributed by atoms with Gasteiger partial charge >= 0.3 is 0 Å². The average Bonchev–Trinajstić information content (AvgIpc) is 2.98. The Labute approximate surface area is 125 Å². The zero-order valence-electron chi connectivity index (χ0n) is 12.0. The molecule has 1 heterocycles. The van der Waals surface area contributed by atoms with Crippen molar-refractivity contribution in [2.45, 2.75) is 24.4 Å². The van der Waals surface area contributed by atoms with Gasteiger partial charge in [0.15, 0.2) is 0 Å². The second kappa shape index (κ2) is 7.35. The molecule has 0 spiro atoms. The van der Waals surface area contributed by atoms with Crippen molar-refractivity contribution < 1.29 is 8.42 Å². The lowest BCUT2D eigenvalue weighted by Gasteiger charge is -2.11. The van der Waals surface area contributed by atoms with Gasteiger partial charge in [0.05, 0.1) is 11.2 Å². The van der Waals surface area contributed by atoms with E-state index in [-0.39, 0.29) is 0 Å². The van der Waals surface area contributed by atoms with Gasteiger partial charge in [-0.05, 0) is 25.1 Å². The Kier molecular flexibility index (Phi) is 5.49. The molecule has 2 N–H and O–H groups in total. The molecule has 0 saturated carbocycles. The van der Waals surface area contributed by atoms with Crippen LogP contribution in [0.3, 0.4) is 0 Å². The number of aryl methyl sites for hydroxylation is 1. The van der Waals surface area contributed by atoms with Crippen molar-refractivity contribution in [3.8, 4) is 0 Å². The predicted molar refractivity (Wildman–Crippen MR) is 81.2 cm³/mol. The van der Waals surface area contributed by atoms with Crippen LogP contribution < -0.4 is 10.0 Å². The van der Waals surface area contributed by atoms with Gasteiger partial charge in [-0.3, -0.25) is 0 Å². The molecule has 7 heteroatoms. The molecule has 1 aromatic carbocycles. The fourth-order valence-electron chi connectivity index (χ4n) is 2.07. The highest BCUT2D eigenvalue weighted by atomic mass is 32.2. The average molecular weight is 308 g/mol. The van der Waals surface area contributed by atoms with Gasteiger partial charge in [0.2, 0.25) is 10.0 Å². The zero-order chi connectivity index (χ0) is 15.1. The maximum Gasteiger partial charge on any atom is 0.240 e. The molecule has 114 valence electrons. The SMILES string of the molecule is CNCc1ccccc1S(=O)(=O)NCCCn1ccnc1. The van der Waals surface area contributed by atoms with E-state index in [1.54, 1.807) is 31.7 Å². The van der Waals surface area contributed by atoms with Crippen LogP contribution in [0.5, 0.6) is 0 Å². The van der Waals surface area contributed by atoms with Gasteiger partial charge in [0.25, 0.3) is 0 Å². The van der Waals surface area contributed by atoms with Gasteiger partial charge in [-0.1, -0.05) is 18.2 Å². The molecule has 0 aliphatic carbocycles. The second-order valence-corrected chi connectivity index (χ2v) is 6.43. The molecule has 0 aliphatic heterocycles. The first kappa shape index (κ1) is 15.7. The van der Waals surface area contributed by atoms with Crippen LogP contribution in [0, 0.1) is 0 Å². The van der Waals surface area contributed by atoms with E-state index in [0.717, 1.165) is 12.1 Å². The lowest BCUT2D eigenvalue weighted by atomic mass is 10.2. The topological polar surface area (TPSA) is 76.0 Å². The van der Waals surface area contributed by atoms with E-state index >= 15 is 0 Å². The molecule has 0 unspecified atom stereocenters. The Hall–Kier alpha value is -1.70. The number of nitrogens with one attached hydrogen (secondary N) is 2. The summed E-state index contributed by atoms with van der Waals surface area (Å²) in [5.74, 6) is 0. The number of sulfonamides is 1. The highest BCUT2D eigenvalue weighted by molar-refractivity contribution is 7.89. The summed E-state index contributed by atoms with van der Waals surface area (Å²) < 4.78 is 29.2. The lowest BCUT2D eigenvalue weighted by molar-refractivity contribution is 0.568. The van der Waals surface area contributed by atoms with Gasteiger partial charge in [0.1, 0.15) is 0 Å². The molecule has 0 radical (unpaired) electrons. The molecule has 0 saturated heterocycles. The van der Waals surface area contributed by atoms with E-state index < -0.39 is 10.0 Å². The first-order valence-corrected chi connectivity index (χ1v) is 8.30. The van der Waals surface area contributed by atoms with Crippen molar-refractivity contribution in [3.05, 3.63) is 48.5 Å². The minimum atomic E-state index is -3.47. The number of hydrogen-bond acceptors (Lipinski definition) is 4. The number of imidazole rings is 1. The van der Waals surface area contributed by atoms with Crippen molar-refractivity contribution in [1.29, 1.82) is 0 Å². The van der Waals surface area contributed by atoms with Crippen LogP contribution in [0.2, 0.25) is 0 Å². The summed E-state index contributed by atoms with van der Waals surface area (Å²) in [4.78, 5) is 4.28. The quantitative estimate of drug-likeness (QED) is 0.713. The van der Waals surface area contributed by atoms with E-state index in [0.29, 0.717) is 24.4 Å². The largest absolute Gasteiger partial charge is 0.337 e. The third-order valence-corrected chi connectivity index (χ3v) is 4.64. The monoisotopic (exact) mass is 308 g/mol. The van der Waals surface area contributed by atoms with E-state index in [9.17, 15) is 8.42 Å². The second-order valence-electron chi connectivity index (χ2n) is 4.69. The molecule has 2 rings (SSSR count). The fraction of sp³-hybridized carbons (Fsp3) is 0.357. The van der Waals surface area contributed by atoms with Gasteiger partial charge < -0.3 is 9.88 Å². The summed E-state index contributed by atoms with van der Waals surface area (Å²) in [6.07, 6.45) is 6.00. The number of nitrogens with zero attached hydrogens (tertiary/aromatic N) is 2. The molecular weight excluding hydrogens is 288 g/mol. The summed E-state index contributed by atoms with van der Waals surface area (Å²) in [5.41, 5.74) is 0.766. The third-order valence-electron chi connectivity index (χ3n) is 3.07. The molecular formula is C14H20N4O2S. The summed E-state index contributed by atoms with van der Waals surface area (Å²) in [7, 11) is -1.68. The molecule has 21 heavy (non-hydrogen) atoms. The van der Waals surface area contributed by atoms with Crippen LogP contribution in [-0.2, 0) is 23.1 Å². The molecule has 0 amide bonds. The number of hydrogen-bond donors (Lipinski definition) is 2. The minimum Gasteiger partial charge on any atom is -0.337 e. The summed E-state index contributed by atoms with van der Waals surface area (Å²) in [6.45, 7) is 1.65. The first-order valence-electron chi connectivity index (χ1n) is 6.81. The van der Waals surface area contributed by atoms with Crippen LogP contribution in [0.15, 0.2) is 47.9 Å². The Bertz CT molecular complexity index is 653. The molecule has 2 aromatic rings. The third kappa shape index (κ3) is 4.38. The van der Waals surface area contributed by atoms with Gasteiger partial charge in [-0.25, -0.2) is 18.1 Å². The molecule has 0 fully saturated rings. The predicted octanol–water partition coefficient (Wildman–Crippen LogP) is 0.971. The Morgan fingerprint density at radius 3 is 2.81 bits per heavy atom. The standard InChI is InChI=1S/C14H20N4O2S/c1-15-11-13-5-2-3-6-14(13)21(19,20)17-7-4-9-18-10-8-16-12-18/h2-3,5-6,8,10,12,15,17H,4,7,9,11H2,1H3. The smallest absolute Gasteiger partial charge is 0.240 e. The first-order chi connectivity index (χ1) is 10.1. The van der Waals surface area contributed by atoms with E-state index in [1.165, 1.54) is 0 Å². The minimum absolute atomic E-state index is 0.335. The molecule has 0 aliphatic rings. The molecule has 0 bridgehead atoms. The summed E-state index contributed by atoms with van der Waals surface area (Å²) in [5, 5.41) is 2.98. The highest BCUT2D eigenvalue weighted by Crippen LogP contribution is 2.14. The van der Waals surface area contributed by atoms with Crippen LogP contribution in [0.25, 0.3) is 0 Å². The van der Waals surface area contributed by atoms with Crippen molar-refractivity contribution in [2.24, 2.45) is 0 Å². The van der Waals surface area contributed by atoms with E-state index in [2.05, 4.69) is 15.0 Å². The normalized spacial score (nSPS) is 11.7. The molecule has 0 atom stereocenters. The van der Waals surface area contributed by atoms with Gasteiger partial charge in [-0.15, -0.1) is 0 Å². The van der Waals surface area contributed by atoms with Crippen LogP contribution in [-0.4, -0.2) is 31.6 Å². The number of rotatable bonds is 8. The Morgan fingerprint density at radius 1 is 1.29 bits per heavy atom. The highest BCUT2D eigenvalue weighted by Gasteiger charge is 2.16. The van der Waals surface area contributed by atoms with E-state index in [1.807, 2.05) is 22.9 Å². The van der Waals surface area contributed by atoms with Crippen LogP contribution in [0.4, 0.5) is 0 Å². The van der Waals surface area contributed by atoms with Crippen molar-refractivity contribution in [1.82, 2.24) is 19.6 Å². The maximum atomic E-state index is 12.3. The Balaban J connectivity index is 1.95. The van der Waals surface area contributed by atoms with Gasteiger partial charge in [-0.2, -0.15) is 0 Å².